The van der Waals surface area contributed by atoms with Crippen LogP contribution in [0.1, 0.15) is 43.5 Å². The van der Waals surface area contributed by atoms with Gasteiger partial charge in [0.1, 0.15) is 5.82 Å². The van der Waals surface area contributed by atoms with Crippen LogP contribution < -0.4 is 10.2 Å². The van der Waals surface area contributed by atoms with Gasteiger partial charge in [0.25, 0.3) is 0 Å². The zero-order chi connectivity index (χ0) is 19.6. The maximum absolute atomic E-state index is 5.84. The Labute approximate surface area is 167 Å². The molecule has 6 nitrogen and oxygen atoms in total. The third-order valence-corrected chi connectivity index (χ3v) is 5.72. The summed E-state index contributed by atoms with van der Waals surface area (Å²) in [6.45, 7) is 9.48. The topological polar surface area (TPSA) is 59.5 Å². The number of nitrogens with zero attached hydrogens (tertiary/aromatic N) is 3. The number of aryl methyl sites for hydroxylation is 3. The number of nitrogens with one attached hydrogen (secondary N) is 1. The number of hydrogen-bond donors (Lipinski definition) is 1. The summed E-state index contributed by atoms with van der Waals surface area (Å²) in [5.41, 5.74) is 4.77. The van der Waals surface area contributed by atoms with Gasteiger partial charge in [-0.05, 0) is 30.9 Å². The van der Waals surface area contributed by atoms with Gasteiger partial charge in [0, 0.05) is 43.4 Å². The zero-order valence-electron chi connectivity index (χ0n) is 17.1. The number of hydrogen-bond acceptors (Lipinski definition) is 6. The molecule has 0 aliphatic carbocycles. The van der Waals surface area contributed by atoms with Crippen molar-refractivity contribution in [1.29, 1.82) is 0 Å². The number of aromatic nitrogens is 2. The first-order chi connectivity index (χ1) is 13.6. The smallest absolute Gasteiger partial charge is 0.227 e. The fourth-order valence-electron chi connectivity index (χ4n) is 4.12. The largest absolute Gasteiger partial charge is 0.347 e. The molecule has 1 N–H and O–H groups in total. The van der Waals surface area contributed by atoms with Gasteiger partial charge < -0.3 is 19.7 Å². The fourth-order valence-corrected chi connectivity index (χ4v) is 4.12. The van der Waals surface area contributed by atoms with E-state index in [0.29, 0.717) is 13.2 Å². The van der Waals surface area contributed by atoms with E-state index in [4.69, 9.17) is 19.4 Å². The van der Waals surface area contributed by atoms with Crippen molar-refractivity contribution in [2.75, 3.05) is 36.5 Å². The van der Waals surface area contributed by atoms with Crippen molar-refractivity contribution >= 4 is 17.5 Å². The zero-order valence-corrected chi connectivity index (χ0v) is 17.1. The van der Waals surface area contributed by atoms with E-state index in [0.717, 1.165) is 56.2 Å². The van der Waals surface area contributed by atoms with Crippen LogP contribution in [0.3, 0.4) is 0 Å². The maximum atomic E-state index is 5.84. The van der Waals surface area contributed by atoms with Crippen LogP contribution in [0.4, 0.5) is 17.5 Å². The van der Waals surface area contributed by atoms with Gasteiger partial charge >= 0.3 is 0 Å². The quantitative estimate of drug-likeness (QED) is 0.844. The average Bonchev–Trinajstić information content (AvgIpc) is 3.16. The fraction of sp³-hybridized carbons (Fsp3) is 0.545. The molecule has 3 heterocycles. The molecule has 0 atom stereocenters. The Morgan fingerprint density at radius 1 is 1.04 bits per heavy atom. The maximum Gasteiger partial charge on any atom is 0.227 e. The molecule has 28 heavy (non-hydrogen) atoms. The van der Waals surface area contributed by atoms with E-state index < -0.39 is 0 Å². The number of rotatable bonds is 5. The van der Waals surface area contributed by atoms with E-state index in [-0.39, 0.29) is 5.79 Å². The summed E-state index contributed by atoms with van der Waals surface area (Å²) in [7, 11) is 0. The normalized spacial score (nSPS) is 18.6. The summed E-state index contributed by atoms with van der Waals surface area (Å²) >= 11 is 0. The van der Waals surface area contributed by atoms with Crippen molar-refractivity contribution in [2.24, 2.45) is 0 Å². The molecule has 2 aliphatic rings. The molecule has 0 bridgehead atoms. The lowest BCUT2D eigenvalue weighted by molar-refractivity contribution is -0.169. The Balaban J connectivity index is 1.55. The molecule has 2 aliphatic heterocycles. The lowest BCUT2D eigenvalue weighted by atomic mass is 10.0. The highest BCUT2D eigenvalue weighted by Crippen LogP contribution is 2.33. The monoisotopic (exact) mass is 382 g/mol. The van der Waals surface area contributed by atoms with Crippen LogP contribution >= 0.6 is 0 Å². The lowest BCUT2D eigenvalue weighted by Gasteiger charge is -2.37. The Morgan fingerprint density at radius 2 is 1.68 bits per heavy atom. The first kappa shape index (κ1) is 19.2. The molecular formula is C22H30N4O2. The average molecular weight is 383 g/mol. The van der Waals surface area contributed by atoms with Crippen LogP contribution in [-0.2, 0) is 22.3 Å². The van der Waals surface area contributed by atoms with Gasteiger partial charge in [0.2, 0.25) is 5.95 Å². The van der Waals surface area contributed by atoms with Crippen LogP contribution in [0.25, 0.3) is 0 Å². The number of para-hydroxylation sites is 1. The minimum atomic E-state index is -0.377. The van der Waals surface area contributed by atoms with Gasteiger partial charge in [0.05, 0.1) is 13.2 Å². The molecule has 6 heteroatoms. The van der Waals surface area contributed by atoms with Gasteiger partial charge in [0.15, 0.2) is 5.79 Å². The van der Waals surface area contributed by atoms with Gasteiger partial charge in [-0.2, -0.15) is 4.98 Å². The van der Waals surface area contributed by atoms with Crippen LogP contribution in [-0.4, -0.2) is 42.1 Å². The molecule has 0 radical (unpaired) electrons. The minimum Gasteiger partial charge on any atom is -0.347 e. The summed E-state index contributed by atoms with van der Waals surface area (Å²) in [4.78, 5) is 11.8. The number of anilines is 3. The van der Waals surface area contributed by atoms with Gasteiger partial charge in [-0.15, -0.1) is 0 Å². The molecule has 2 saturated heterocycles. The SMILES string of the molecule is CCc1cccc(CC)c1Nc1cc(C)nc(N2CCC3(CC2)OCCO3)n1. The predicted molar refractivity (Wildman–Crippen MR) is 111 cm³/mol. The molecular weight excluding hydrogens is 352 g/mol. The third-order valence-electron chi connectivity index (χ3n) is 5.72. The molecule has 2 aromatic rings. The second-order valence-electron chi connectivity index (χ2n) is 7.57. The van der Waals surface area contributed by atoms with Crippen molar-refractivity contribution in [3.05, 3.63) is 41.1 Å². The molecule has 0 saturated carbocycles. The standard InChI is InChI=1S/C22H30N4O2/c1-4-17-7-6-8-18(5-2)20(17)24-19-15-16(3)23-21(25-19)26-11-9-22(10-12-26)27-13-14-28-22/h6-8,15H,4-5,9-14H2,1-3H3,(H,23,24,25). The highest BCUT2D eigenvalue weighted by Gasteiger charge is 2.40. The molecule has 1 aromatic carbocycles. The van der Waals surface area contributed by atoms with Crippen LogP contribution in [0.2, 0.25) is 0 Å². The van der Waals surface area contributed by atoms with Crippen LogP contribution in [0.5, 0.6) is 0 Å². The van der Waals surface area contributed by atoms with Crippen LogP contribution in [0, 0.1) is 6.92 Å². The van der Waals surface area contributed by atoms with Crippen molar-refractivity contribution in [3.8, 4) is 0 Å². The van der Waals surface area contributed by atoms with Crippen molar-refractivity contribution < 1.29 is 9.47 Å². The molecule has 0 unspecified atom stereocenters. The lowest BCUT2D eigenvalue weighted by Crippen LogP contribution is -2.45. The molecule has 2 fully saturated rings. The van der Waals surface area contributed by atoms with Gasteiger partial charge in [-0.3, -0.25) is 0 Å². The number of benzene rings is 1. The van der Waals surface area contributed by atoms with Gasteiger partial charge in [-0.25, -0.2) is 4.98 Å². The molecule has 1 aromatic heterocycles. The molecule has 4 rings (SSSR count). The van der Waals surface area contributed by atoms with E-state index in [1.807, 2.05) is 13.0 Å². The Hall–Kier alpha value is -2.18. The second-order valence-corrected chi connectivity index (χ2v) is 7.57. The molecule has 0 amide bonds. The summed E-state index contributed by atoms with van der Waals surface area (Å²) in [5.74, 6) is 1.26. The van der Waals surface area contributed by atoms with Gasteiger partial charge in [-0.1, -0.05) is 32.0 Å². The second kappa shape index (κ2) is 8.05. The van der Waals surface area contributed by atoms with E-state index in [2.05, 4.69) is 42.3 Å². The van der Waals surface area contributed by atoms with Crippen LogP contribution in [0.15, 0.2) is 24.3 Å². The number of ether oxygens (including phenoxy) is 2. The molecule has 150 valence electrons. The summed E-state index contributed by atoms with van der Waals surface area (Å²) in [6.07, 6.45) is 3.68. The first-order valence-electron chi connectivity index (χ1n) is 10.4. The minimum absolute atomic E-state index is 0.377. The molecule has 1 spiro atoms. The van der Waals surface area contributed by atoms with E-state index in [9.17, 15) is 0 Å². The van der Waals surface area contributed by atoms with Crippen molar-refractivity contribution in [1.82, 2.24) is 9.97 Å². The van der Waals surface area contributed by atoms with Crippen molar-refractivity contribution in [3.63, 3.8) is 0 Å². The van der Waals surface area contributed by atoms with E-state index in [1.54, 1.807) is 0 Å². The Kier molecular flexibility index (Phi) is 5.51. The number of piperidine rings is 1. The van der Waals surface area contributed by atoms with E-state index >= 15 is 0 Å². The third kappa shape index (κ3) is 3.84. The summed E-state index contributed by atoms with van der Waals surface area (Å²) in [6, 6.07) is 8.52. The Morgan fingerprint density at radius 3 is 2.29 bits per heavy atom. The highest BCUT2D eigenvalue weighted by molar-refractivity contribution is 5.66. The summed E-state index contributed by atoms with van der Waals surface area (Å²) < 4.78 is 11.7. The first-order valence-corrected chi connectivity index (χ1v) is 10.4. The Bertz CT molecular complexity index is 801. The highest BCUT2D eigenvalue weighted by atomic mass is 16.7. The van der Waals surface area contributed by atoms with Crippen molar-refractivity contribution in [2.45, 2.75) is 52.2 Å². The predicted octanol–water partition coefficient (Wildman–Crippen LogP) is 4.00. The summed E-state index contributed by atoms with van der Waals surface area (Å²) in [5, 5.41) is 3.58. The van der Waals surface area contributed by atoms with E-state index in [1.165, 1.54) is 16.8 Å².